The molecular weight excluding hydrogens is 243 g/mol. The Morgan fingerprint density at radius 3 is 2.00 bits per heavy atom. The Morgan fingerprint density at radius 2 is 1.53 bits per heavy atom. The molecule has 0 amide bonds. The van der Waals surface area contributed by atoms with Crippen LogP contribution in [0.5, 0.6) is 0 Å². The van der Waals surface area contributed by atoms with Crippen LogP contribution >= 0.6 is 0 Å². The minimum absolute atomic E-state index is 0.0197. The van der Waals surface area contributed by atoms with Gasteiger partial charge in [0.1, 0.15) is 0 Å². The fourth-order valence-electron chi connectivity index (χ4n) is 1.93. The van der Waals surface area contributed by atoms with Gasteiger partial charge in [0.05, 0.1) is 12.8 Å². The molecule has 19 heavy (non-hydrogen) atoms. The van der Waals surface area contributed by atoms with E-state index >= 15 is 0 Å². The van der Waals surface area contributed by atoms with Crippen LogP contribution in [0, 0.1) is 0 Å². The average Bonchev–Trinajstić information content (AvgIpc) is 2.36. The third-order valence-corrected chi connectivity index (χ3v) is 3.15. The number of carbonyl (C=O) groups is 1. The van der Waals surface area contributed by atoms with E-state index in [2.05, 4.69) is 6.58 Å². The molecule has 0 bridgehead atoms. The lowest BCUT2D eigenvalue weighted by Crippen LogP contribution is -2.15. The minimum atomic E-state index is -0.291. The fraction of sp³-hybridized carbons (Fsp3) is 0.812. The molecule has 0 aromatic rings. The van der Waals surface area contributed by atoms with Crippen molar-refractivity contribution in [2.24, 2.45) is 0 Å². The van der Waals surface area contributed by atoms with Crippen molar-refractivity contribution in [2.75, 3.05) is 6.67 Å². The van der Waals surface area contributed by atoms with Gasteiger partial charge in [-0.1, -0.05) is 45.1 Å². The third-order valence-electron chi connectivity index (χ3n) is 3.15. The summed E-state index contributed by atoms with van der Waals surface area (Å²) >= 11 is 0. The van der Waals surface area contributed by atoms with Gasteiger partial charge in [-0.2, -0.15) is 0 Å². The highest BCUT2D eigenvalue weighted by Gasteiger charge is 2.09. The zero-order valence-corrected chi connectivity index (χ0v) is 12.5. The lowest BCUT2D eigenvalue weighted by Gasteiger charge is -2.12. The van der Waals surface area contributed by atoms with E-state index in [1.807, 2.05) is 6.92 Å². The van der Waals surface area contributed by atoms with E-state index < -0.39 is 0 Å². The first-order chi connectivity index (χ1) is 9.07. The van der Waals surface area contributed by atoms with E-state index in [1.165, 1.54) is 25.7 Å². The van der Waals surface area contributed by atoms with Gasteiger partial charge in [-0.15, -0.1) is 0 Å². The number of rotatable bonds is 12. The van der Waals surface area contributed by atoms with Crippen LogP contribution in [0.1, 0.15) is 71.6 Å². The van der Waals surface area contributed by atoms with Gasteiger partial charge < -0.3 is 4.74 Å². The maximum Gasteiger partial charge on any atom is 0.333 e. The van der Waals surface area contributed by atoms with Gasteiger partial charge in [0.2, 0.25) is 0 Å². The Labute approximate surface area is 117 Å². The quantitative estimate of drug-likeness (QED) is 0.285. The van der Waals surface area contributed by atoms with Crippen molar-refractivity contribution in [1.29, 1.82) is 0 Å². The van der Waals surface area contributed by atoms with Crippen LogP contribution < -0.4 is 0 Å². The van der Waals surface area contributed by atoms with Crippen molar-refractivity contribution in [3.05, 3.63) is 12.2 Å². The molecule has 0 spiro atoms. The van der Waals surface area contributed by atoms with Gasteiger partial charge in [0.25, 0.3) is 0 Å². The molecule has 0 saturated heterocycles. The Hall–Kier alpha value is -0.860. The predicted molar refractivity (Wildman–Crippen MR) is 77.9 cm³/mol. The lowest BCUT2D eigenvalue weighted by molar-refractivity contribution is -0.143. The summed E-state index contributed by atoms with van der Waals surface area (Å²) in [5, 5.41) is 0. The lowest BCUT2D eigenvalue weighted by atomic mass is 10.1. The van der Waals surface area contributed by atoms with Crippen molar-refractivity contribution in [3.8, 4) is 0 Å². The number of unbranched alkanes of at least 4 members (excludes halogenated alkanes) is 7. The van der Waals surface area contributed by atoms with Gasteiger partial charge in [0.15, 0.2) is 0 Å². The van der Waals surface area contributed by atoms with E-state index in [1.54, 1.807) is 6.92 Å². The smallest absolute Gasteiger partial charge is 0.333 e. The van der Waals surface area contributed by atoms with E-state index in [-0.39, 0.29) is 18.7 Å². The van der Waals surface area contributed by atoms with Gasteiger partial charge in [-0.25, -0.2) is 4.79 Å². The van der Waals surface area contributed by atoms with Crippen molar-refractivity contribution < 1.29 is 13.9 Å². The first-order valence-corrected chi connectivity index (χ1v) is 7.50. The number of ether oxygens (including phenoxy) is 1. The number of hydrogen-bond donors (Lipinski definition) is 0. The summed E-state index contributed by atoms with van der Waals surface area (Å²) in [6.45, 7) is 6.97. The van der Waals surface area contributed by atoms with Crippen LogP contribution in [0.25, 0.3) is 0 Å². The molecule has 0 aliphatic heterocycles. The molecular formula is C16H29FO2. The minimum Gasteiger partial charge on any atom is -0.459 e. The second kappa shape index (κ2) is 12.2. The number of carbonyl (C=O) groups excluding carboxylic acids is 1. The SMILES string of the molecule is C=C(C)C(=O)OC(C)CCCCCCCCCCF. The second-order valence-corrected chi connectivity index (χ2v) is 5.30. The highest BCUT2D eigenvalue weighted by atomic mass is 19.1. The molecule has 0 heterocycles. The van der Waals surface area contributed by atoms with Crippen LogP contribution in [-0.4, -0.2) is 18.7 Å². The monoisotopic (exact) mass is 272 g/mol. The van der Waals surface area contributed by atoms with E-state index in [0.717, 1.165) is 25.7 Å². The molecule has 0 aliphatic rings. The highest BCUT2D eigenvalue weighted by Crippen LogP contribution is 2.12. The van der Waals surface area contributed by atoms with Crippen LogP contribution in [0.4, 0.5) is 4.39 Å². The Kier molecular flexibility index (Phi) is 11.6. The standard InChI is InChI=1S/C16H29FO2/c1-14(2)16(18)19-15(3)12-10-8-6-4-5-7-9-11-13-17/h15H,1,4-13H2,2-3H3. The normalized spacial score (nSPS) is 12.2. The van der Waals surface area contributed by atoms with Gasteiger partial charge in [-0.3, -0.25) is 4.39 Å². The second-order valence-electron chi connectivity index (χ2n) is 5.30. The Bertz CT molecular complexity index is 251. The van der Waals surface area contributed by atoms with Gasteiger partial charge in [-0.05, 0) is 33.1 Å². The average molecular weight is 272 g/mol. The van der Waals surface area contributed by atoms with Crippen LogP contribution in [0.2, 0.25) is 0 Å². The highest BCUT2D eigenvalue weighted by molar-refractivity contribution is 5.87. The summed E-state index contributed by atoms with van der Waals surface area (Å²) in [5.74, 6) is -0.291. The summed E-state index contributed by atoms with van der Waals surface area (Å²) in [7, 11) is 0. The van der Waals surface area contributed by atoms with Gasteiger partial charge >= 0.3 is 5.97 Å². The molecule has 2 nitrogen and oxygen atoms in total. The van der Waals surface area contributed by atoms with Crippen LogP contribution in [0.15, 0.2) is 12.2 Å². The molecule has 0 aromatic heterocycles. The molecule has 0 rings (SSSR count). The number of alkyl halides is 1. The molecule has 0 aromatic carbocycles. The predicted octanol–water partition coefficient (Wildman–Crippen LogP) is 4.97. The zero-order valence-electron chi connectivity index (χ0n) is 12.5. The summed E-state index contributed by atoms with van der Waals surface area (Å²) in [6, 6.07) is 0. The van der Waals surface area contributed by atoms with Gasteiger partial charge in [0, 0.05) is 5.57 Å². The third kappa shape index (κ3) is 11.9. The molecule has 3 heteroatoms. The molecule has 1 atom stereocenters. The van der Waals surface area contributed by atoms with E-state index in [4.69, 9.17) is 4.74 Å². The topological polar surface area (TPSA) is 26.3 Å². The first-order valence-electron chi connectivity index (χ1n) is 7.50. The van der Waals surface area contributed by atoms with Crippen molar-refractivity contribution in [2.45, 2.75) is 77.7 Å². The molecule has 112 valence electrons. The number of esters is 1. The molecule has 1 unspecified atom stereocenters. The summed E-state index contributed by atoms with van der Waals surface area (Å²) in [6.07, 6.45) is 9.71. The van der Waals surface area contributed by atoms with E-state index in [9.17, 15) is 9.18 Å². The van der Waals surface area contributed by atoms with Crippen molar-refractivity contribution in [3.63, 3.8) is 0 Å². The first kappa shape index (κ1) is 18.1. The number of halogens is 1. The van der Waals surface area contributed by atoms with Crippen molar-refractivity contribution >= 4 is 5.97 Å². The van der Waals surface area contributed by atoms with Crippen LogP contribution in [-0.2, 0) is 9.53 Å². The Balaban J connectivity index is 3.29. The zero-order chi connectivity index (χ0) is 14.5. The fourth-order valence-corrected chi connectivity index (χ4v) is 1.93. The van der Waals surface area contributed by atoms with E-state index in [0.29, 0.717) is 12.0 Å². The van der Waals surface area contributed by atoms with Crippen LogP contribution in [0.3, 0.4) is 0 Å². The maximum absolute atomic E-state index is 11.8. The summed E-state index contributed by atoms with van der Waals surface area (Å²) in [4.78, 5) is 11.3. The molecule has 0 fully saturated rings. The molecule has 0 aliphatic carbocycles. The maximum atomic E-state index is 11.8. The Morgan fingerprint density at radius 1 is 1.05 bits per heavy atom. The molecule has 0 radical (unpaired) electrons. The molecule has 0 saturated carbocycles. The number of hydrogen-bond acceptors (Lipinski definition) is 2. The largest absolute Gasteiger partial charge is 0.459 e. The summed E-state index contributed by atoms with van der Waals surface area (Å²) in [5.41, 5.74) is 0.458. The molecule has 0 N–H and O–H groups in total. The van der Waals surface area contributed by atoms with Crippen molar-refractivity contribution in [1.82, 2.24) is 0 Å². The summed E-state index contributed by atoms with van der Waals surface area (Å²) < 4.78 is 17.1.